The SMILES string of the molecule is CCN1C[C@]2(C(=O)OC)CCC[C@@]3(CCC(OC)(OC)CC13)C2=O. The highest BCUT2D eigenvalue weighted by Gasteiger charge is 2.68. The number of nitrogens with zero attached hydrogens (tertiary/aromatic N) is 1. The smallest absolute Gasteiger partial charge is 0.320 e. The summed E-state index contributed by atoms with van der Waals surface area (Å²) in [7, 11) is 4.72. The van der Waals surface area contributed by atoms with Gasteiger partial charge in [-0.1, -0.05) is 13.3 Å². The van der Waals surface area contributed by atoms with Gasteiger partial charge >= 0.3 is 5.97 Å². The van der Waals surface area contributed by atoms with Gasteiger partial charge in [0.15, 0.2) is 11.6 Å². The maximum atomic E-state index is 13.5. The van der Waals surface area contributed by atoms with Crippen LogP contribution in [0.15, 0.2) is 0 Å². The van der Waals surface area contributed by atoms with E-state index in [2.05, 4.69) is 11.8 Å². The van der Waals surface area contributed by atoms with Crippen LogP contribution in [-0.4, -0.2) is 62.9 Å². The second-order valence-corrected chi connectivity index (χ2v) is 7.51. The van der Waals surface area contributed by atoms with Crippen LogP contribution in [0.4, 0.5) is 0 Å². The van der Waals surface area contributed by atoms with Crippen LogP contribution >= 0.6 is 0 Å². The number of methoxy groups -OCH3 is 3. The molecule has 24 heavy (non-hydrogen) atoms. The lowest BCUT2D eigenvalue weighted by atomic mass is 9.50. The molecule has 6 heteroatoms. The molecule has 1 saturated heterocycles. The lowest BCUT2D eigenvalue weighted by Crippen LogP contribution is -2.72. The van der Waals surface area contributed by atoms with Crippen LogP contribution in [0, 0.1) is 10.8 Å². The first kappa shape index (κ1) is 17.8. The summed E-state index contributed by atoms with van der Waals surface area (Å²) >= 11 is 0. The molecule has 1 unspecified atom stereocenters. The minimum absolute atomic E-state index is 0.0572. The van der Waals surface area contributed by atoms with Gasteiger partial charge < -0.3 is 14.2 Å². The fourth-order valence-corrected chi connectivity index (χ4v) is 5.47. The lowest BCUT2D eigenvalue weighted by molar-refractivity contribution is -0.257. The summed E-state index contributed by atoms with van der Waals surface area (Å²) in [4.78, 5) is 28.4. The molecule has 2 bridgehead atoms. The molecule has 2 saturated carbocycles. The van der Waals surface area contributed by atoms with E-state index in [-0.39, 0.29) is 17.8 Å². The first-order valence-electron chi connectivity index (χ1n) is 8.91. The Kier molecular flexibility index (Phi) is 4.51. The third-order valence-electron chi connectivity index (χ3n) is 6.85. The first-order chi connectivity index (χ1) is 11.4. The highest BCUT2D eigenvalue weighted by molar-refractivity contribution is 6.08. The van der Waals surface area contributed by atoms with Crippen molar-refractivity contribution in [3.63, 3.8) is 0 Å². The maximum Gasteiger partial charge on any atom is 0.320 e. The van der Waals surface area contributed by atoms with Crippen LogP contribution in [-0.2, 0) is 23.8 Å². The molecule has 0 N–H and O–H groups in total. The van der Waals surface area contributed by atoms with Crippen molar-refractivity contribution in [2.24, 2.45) is 10.8 Å². The Bertz CT molecular complexity index is 532. The highest BCUT2D eigenvalue weighted by Crippen LogP contribution is 2.58. The van der Waals surface area contributed by atoms with Gasteiger partial charge in [-0.3, -0.25) is 14.5 Å². The Morgan fingerprint density at radius 3 is 2.46 bits per heavy atom. The van der Waals surface area contributed by atoms with Gasteiger partial charge in [-0.15, -0.1) is 0 Å². The number of rotatable bonds is 4. The number of likely N-dealkylation sites (tertiary alicyclic amines) is 1. The van der Waals surface area contributed by atoms with Gasteiger partial charge in [-0.2, -0.15) is 0 Å². The number of piperidine rings is 1. The van der Waals surface area contributed by atoms with Crippen molar-refractivity contribution < 1.29 is 23.8 Å². The van der Waals surface area contributed by atoms with Crippen molar-refractivity contribution in [3.05, 3.63) is 0 Å². The molecule has 3 aliphatic rings. The second kappa shape index (κ2) is 6.07. The van der Waals surface area contributed by atoms with Crippen LogP contribution in [0.5, 0.6) is 0 Å². The molecular formula is C18H29NO5. The molecule has 3 rings (SSSR count). The number of carbonyl (C=O) groups is 2. The molecule has 136 valence electrons. The van der Waals surface area contributed by atoms with Gasteiger partial charge in [0.1, 0.15) is 5.41 Å². The third-order valence-corrected chi connectivity index (χ3v) is 6.85. The Hall–Kier alpha value is -0.980. The van der Waals surface area contributed by atoms with Gasteiger partial charge in [-0.25, -0.2) is 0 Å². The zero-order chi connectivity index (χ0) is 17.6. The predicted molar refractivity (Wildman–Crippen MR) is 87.4 cm³/mol. The van der Waals surface area contributed by atoms with E-state index in [0.717, 1.165) is 19.4 Å². The minimum Gasteiger partial charge on any atom is -0.468 e. The largest absolute Gasteiger partial charge is 0.468 e. The minimum atomic E-state index is -0.986. The lowest BCUT2D eigenvalue weighted by Gasteiger charge is -2.61. The fraction of sp³-hybridized carbons (Fsp3) is 0.889. The predicted octanol–water partition coefficient (Wildman–Crippen LogP) is 1.76. The van der Waals surface area contributed by atoms with E-state index in [1.165, 1.54) is 7.11 Å². The molecule has 0 radical (unpaired) electrons. The number of Topliss-reactive ketones (excluding diaryl/α,β-unsaturated/α-hetero) is 1. The van der Waals surface area contributed by atoms with E-state index in [0.29, 0.717) is 32.2 Å². The molecular weight excluding hydrogens is 310 g/mol. The van der Waals surface area contributed by atoms with E-state index in [4.69, 9.17) is 14.2 Å². The van der Waals surface area contributed by atoms with Crippen molar-refractivity contribution in [1.82, 2.24) is 4.90 Å². The summed E-state index contributed by atoms with van der Waals surface area (Å²) in [5, 5.41) is 0. The molecule has 0 aromatic carbocycles. The van der Waals surface area contributed by atoms with E-state index in [1.807, 2.05) is 0 Å². The molecule has 0 aromatic rings. The van der Waals surface area contributed by atoms with E-state index in [9.17, 15) is 9.59 Å². The van der Waals surface area contributed by atoms with Gasteiger partial charge in [0.25, 0.3) is 0 Å². The number of esters is 1. The van der Waals surface area contributed by atoms with E-state index < -0.39 is 16.6 Å². The van der Waals surface area contributed by atoms with Crippen molar-refractivity contribution in [2.75, 3.05) is 34.4 Å². The first-order valence-corrected chi connectivity index (χ1v) is 8.91. The van der Waals surface area contributed by atoms with Gasteiger partial charge in [0, 0.05) is 45.1 Å². The molecule has 1 aliphatic heterocycles. The van der Waals surface area contributed by atoms with Gasteiger partial charge in [0.05, 0.1) is 7.11 Å². The van der Waals surface area contributed by atoms with Crippen LogP contribution in [0.1, 0.15) is 45.4 Å². The van der Waals surface area contributed by atoms with Crippen molar-refractivity contribution in [3.8, 4) is 0 Å². The standard InChI is InChI=1S/C18H29NO5/c1-5-19-12-17(15(21)22-2)8-6-7-16(14(17)20)9-10-18(23-3,24-4)11-13(16)19/h13H,5-12H2,1-4H3/t13?,16-,17+/m0/s1. The number of fused-ring (bicyclic) bond motifs is 1. The Morgan fingerprint density at radius 2 is 1.88 bits per heavy atom. The number of hydrogen-bond donors (Lipinski definition) is 0. The van der Waals surface area contributed by atoms with Crippen LogP contribution < -0.4 is 0 Å². The summed E-state index contributed by atoms with van der Waals surface area (Å²) in [6, 6.07) is 0.0572. The topological polar surface area (TPSA) is 65.1 Å². The maximum absolute atomic E-state index is 13.5. The Labute approximate surface area is 143 Å². The molecule has 3 atom stereocenters. The zero-order valence-corrected chi connectivity index (χ0v) is 15.2. The average molecular weight is 339 g/mol. The van der Waals surface area contributed by atoms with Crippen LogP contribution in [0.25, 0.3) is 0 Å². The fourth-order valence-electron chi connectivity index (χ4n) is 5.47. The summed E-state index contributed by atoms with van der Waals surface area (Å²) in [6.07, 6.45) is 4.38. The second-order valence-electron chi connectivity index (χ2n) is 7.51. The summed E-state index contributed by atoms with van der Waals surface area (Å²) in [5.74, 6) is -0.894. The van der Waals surface area contributed by atoms with Gasteiger partial charge in [-0.05, 0) is 25.8 Å². The highest BCUT2D eigenvalue weighted by atomic mass is 16.7. The van der Waals surface area contributed by atoms with E-state index in [1.54, 1.807) is 14.2 Å². The molecule has 1 spiro atoms. The Balaban J connectivity index is 2.04. The number of hydrogen-bond acceptors (Lipinski definition) is 6. The monoisotopic (exact) mass is 339 g/mol. The molecule has 1 heterocycles. The molecule has 3 fully saturated rings. The van der Waals surface area contributed by atoms with Crippen molar-refractivity contribution in [1.29, 1.82) is 0 Å². The van der Waals surface area contributed by atoms with Crippen LogP contribution in [0.3, 0.4) is 0 Å². The molecule has 6 nitrogen and oxygen atoms in total. The number of ketones is 1. The van der Waals surface area contributed by atoms with Crippen LogP contribution in [0.2, 0.25) is 0 Å². The Morgan fingerprint density at radius 1 is 1.17 bits per heavy atom. The summed E-state index contributed by atoms with van der Waals surface area (Å²) < 4.78 is 16.4. The number of carbonyl (C=O) groups excluding carboxylic acids is 2. The quantitative estimate of drug-likeness (QED) is 0.442. The van der Waals surface area contributed by atoms with E-state index >= 15 is 0 Å². The normalized spacial score (nSPS) is 38.5. The number of ether oxygens (including phenoxy) is 3. The molecule has 0 aromatic heterocycles. The summed E-state index contributed by atoms with van der Waals surface area (Å²) in [6.45, 7) is 3.33. The average Bonchev–Trinajstić information content (AvgIpc) is 2.61. The van der Waals surface area contributed by atoms with Gasteiger partial charge in [0.2, 0.25) is 0 Å². The van der Waals surface area contributed by atoms with Crippen molar-refractivity contribution in [2.45, 2.75) is 57.3 Å². The molecule has 2 aliphatic carbocycles. The summed E-state index contributed by atoms with van der Waals surface area (Å²) in [5.41, 5.74) is -1.46. The zero-order valence-electron chi connectivity index (χ0n) is 15.2. The van der Waals surface area contributed by atoms with Crippen molar-refractivity contribution >= 4 is 11.8 Å². The third kappa shape index (κ3) is 2.19. The molecule has 0 amide bonds.